The number of nitrogens with one attached hydrogen (secondary N) is 2. The Morgan fingerprint density at radius 2 is 1.71 bits per heavy atom. The molecule has 7 nitrogen and oxygen atoms in total. The molecule has 1 saturated heterocycles. The summed E-state index contributed by atoms with van der Waals surface area (Å²) in [4.78, 5) is 30.2. The van der Waals surface area contributed by atoms with Gasteiger partial charge in [0.25, 0.3) is 0 Å². The Bertz CT molecular complexity index is 1040. The largest absolute Gasteiger partial charge is 0.463 e. The highest BCUT2D eigenvalue weighted by molar-refractivity contribution is 6.30. The minimum atomic E-state index is -0.552. The monoisotopic (exact) mass is 482 g/mol. The van der Waals surface area contributed by atoms with Crippen molar-refractivity contribution in [2.24, 2.45) is 0 Å². The summed E-state index contributed by atoms with van der Waals surface area (Å²) < 4.78 is 5.39. The quantitative estimate of drug-likeness (QED) is 0.585. The Kier molecular flexibility index (Phi) is 7.75. The van der Waals surface area contributed by atoms with Crippen LogP contribution in [0.25, 0.3) is 0 Å². The highest BCUT2D eigenvalue weighted by atomic mass is 35.5. The van der Waals surface area contributed by atoms with Crippen LogP contribution in [0.1, 0.15) is 31.0 Å². The Morgan fingerprint density at radius 1 is 1.03 bits per heavy atom. The van der Waals surface area contributed by atoms with E-state index in [4.69, 9.17) is 16.3 Å². The van der Waals surface area contributed by atoms with Crippen LogP contribution in [0.15, 0.2) is 59.8 Å². The summed E-state index contributed by atoms with van der Waals surface area (Å²) in [5.41, 5.74) is 4.27. The molecule has 0 spiro atoms. The van der Waals surface area contributed by atoms with Crippen LogP contribution in [0, 0.1) is 0 Å². The van der Waals surface area contributed by atoms with Crippen LogP contribution < -0.4 is 15.5 Å². The van der Waals surface area contributed by atoms with Crippen LogP contribution in [0.2, 0.25) is 5.02 Å². The molecule has 180 valence electrons. The fourth-order valence-electron chi connectivity index (χ4n) is 4.43. The lowest BCUT2D eigenvalue weighted by atomic mass is 9.94. The topological polar surface area (TPSA) is 73.9 Å². The second-order valence-electron chi connectivity index (χ2n) is 8.48. The van der Waals surface area contributed by atoms with Crippen molar-refractivity contribution in [1.29, 1.82) is 0 Å². The molecule has 2 amide bonds. The first-order valence-corrected chi connectivity index (χ1v) is 12.2. The minimum Gasteiger partial charge on any atom is -0.463 e. The number of hydrogen-bond donors (Lipinski definition) is 2. The molecule has 2 aliphatic rings. The van der Waals surface area contributed by atoms with Crippen LogP contribution >= 0.6 is 11.6 Å². The smallest absolute Gasteiger partial charge is 0.338 e. The molecule has 2 aromatic carbocycles. The zero-order valence-electron chi connectivity index (χ0n) is 19.6. The molecule has 2 heterocycles. The van der Waals surface area contributed by atoms with E-state index in [9.17, 15) is 9.59 Å². The van der Waals surface area contributed by atoms with Gasteiger partial charge in [-0.2, -0.15) is 0 Å². The Balaban J connectivity index is 1.54. The highest BCUT2D eigenvalue weighted by Gasteiger charge is 2.34. The molecule has 0 bridgehead atoms. The van der Waals surface area contributed by atoms with E-state index in [0.29, 0.717) is 17.8 Å². The first kappa shape index (κ1) is 24.1. The third-order valence-corrected chi connectivity index (χ3v) is 6.57. The molecule has 1 atom stereocenters. The number of urea groups is 1. The summed E-state index contributed by atoms with van der Waals surface area (Å²) in [7, 11) is 0. The van der Waals surface area contributed by atoms with Gasteiger partial charge in [0.2, 0.25) is 0 Å². The average molecular weight is 483 g/mol. The van der Waals surface area contributed by atoms with Crippen molar-refractivity contribution < 1.29 is 14.3 Å². The molecular formula is C26H31ClN4O3. The van der Waals surface area contributed by atoms with Crippen LogP contribution in [-0.4, -0.2) is 56.2 Å². The Morgan fingerprint density at radius 3 is 2.32 bits per heavy atom. The van der Waals surface area contributed by atoms with Gasteiger partial charge in [0.1, 0.15) is 0 Å². The molecule has 0 aliphatic carbocycles. The van der Waals surface area contributed by atoms with Crippen molar-refractivity contribution >= 4 is 29.3 Å². The lowest BCUT2D eigenvalue weighted by Gasteiger charge is -2.38. The third-order valence-electron chi connectivity index (χ3n) is 6.32. The number of anilines is 1. The number of piperazine rings is 1. The molecule has 2 N–H and O–H groups in total. The van der Waals surface area contributed by atoms with Crippen molar-refractivity contribution in [2.45, 2.75) is 26.3 Å². The van der Waals surface area contributed by atoms with Crippen molar-refractivity contribution in [3.63, 3.8) is 0 Å². The van der Waals surface area contributed by atoms with Crippen LogP contribution in [-0.2, 0) is 16.0 Å². The van der Waals surface area contributed by atoms with Gasteiger partial charge in [0.05, 0.1) is 18.2 Å². The van der Waals surface area contributed by atoms with Gasteiger partial charge in [-0.25, -0.2) is 9.59 Å². The first-order chi connectivity index (χ1) is 16.5. The Labute approximate surface area is 205 Å². The van der Waals surface area contributed by atoms with E-state index < -0.39 is 12.0 Å². The summed E-state index contributed by atoms with van der Waals surface area (Å²) in [6.07, 6.45) is 0.923. The maximum absolute atomic E-state index is 13.0. The number of nitrogens with zero attached hydrogens (tertiary/aromatic N) is 2. The number of carbonyl (C=O) groups excluding carboxylic acids is 2. The molecule has 2 aliphatic heterocycles. The standard InChI is InChI=1S/C26H31ClN4O3/c1-3-18-5-7-19(8-6-18)24-23(25(32)34-4-2)22(28-26(33)29-24)17-30-13-15-31(16-14-30)21-11-9-20(27)10-12-21/h5-12,24H,3-4,13-17H2,1-2H3,(H2,28,29,33)/t24-/m0/s1. The number of hydrogen-bond acceptors (Lipinski definition) is 5. The number of carbonyl (C=O) groups is 2. The summed E-state index contributed by atoms with van der Waals surface area (Å²) in [6, 6.07) is 15.0. The molecular weight excluding hydrogens is 452 g/mol. The van der Waals surface area contributed by atoms with Gasteiger partial charge in [-0.1, -0.05) is 42.8 Å². The van der Waals surface area contributed by atoms with Crippen molar-refractivity contribution in [3.8, 4) is 0 Å². The van der Waals surface area contributed by atoms with Crippen LogP contribution in [0.3, 0.4) is 0 Å². The molecule has 4 rings (SSSR count). The normalized spacial score (nSPS) is 19.0. The highest BCUT2D eigenvalue weighted by Crippen LogP contribution is 2.29. The Hall–Kier alpha value is -3.03. The second kappa shape index (κ2) is 10.9. The van der Waals surface area contributed by atoms with Gasteiger partial charge in [-0.05, 0) is 48.7 Å². The van der Waals surface area contributed by atoms with Gasteiger partial charge in [0.15, 0.2) is 0 Å². The molecule has 1 fully saturated rings. The fraction of sp³-hybridized carbons (Fsp3) is 0.385. The number of amides is 2. The van der Waals surface area contributed by atoms with Crippen molar-refractivity contribution in [2.75, 3.05) is 44.2 Å². The predicted molar refractivity (Wildman–Crippen MR) is 134 cm³/mol. The van der Waals surface area contributed by atoms with Gasteiger partial charge in [-0.3, -0.25) is 4.90 Å². The summed E-state index contributed by atoms with van der Waals surface area (Å²) in [5.74, 6) is -0.408. The minimum absolute atomic E-state index is 0.269. The van der Waals surface area contributed by atoms with Gasteiger partial charge < -0.3 is 20.3 Å². The number of ether oxygens (including phenoxy) is 1. The van der Waals surface area contributed by atoms with E-state index in [1.165, 1.54) is 5.56 Å². The predicted octanol–water partition coefficient (Wildman–Crippen LogP) is 3.90. The van der Waals surface area contributed by atoms with E-state index in [2.05, 4.69) is 27.4 Å². The average Bonchev–Trinajstić information content (AvgIpc) is 2.85. The second-order valence-corrected chi connectivity index (χ2v) is 8.92. The summed E-state index contributed by atoms with van der Waals surface area (Å²) >= 11 is 6.02. The zero-order valence-corrected chi connectivity index (χ0v) is 20.4. The lowest BCUT2D eigenvalue weighted by molar-refractivity contribution is -0.139. The number of benzene rings is 2. The number of halogens is 1. The van der Waals surface area contributed by atoms with Crippen molar-refractivity contribution in [1.82, 2.24) is 15.5 Å². The zero-order chi connectivity index (χ0) is 24.1. The summed E-state index contributed by atoms with van der Waals surface area (Å²) in [5, 5.41) is 6.52. The van der Waals surface area contributed by atoms with Gasteiger partial charge in [-0.15, -0.1) is 0 Å². The number of esters is 1. The molecule has 8 heteroatoms. The number of rotatable bonds is 7. The van der Waals surface area contributed by atoms with Gasteiger partial charge >= 0.3 is 12.0 Å². The van der Waals surface area contributed by atoms with E-state index in [1.807, 2.05) is 48.5 Å². The maximum atomic E-state index is 13.0. The molecule has 2 aromatic rings. The van der Waals surface area contributed by atoms with Crippen LogP contribution in [0.5, 0.6) is 0 Å². The van der Waals surface area contributed by atoms with Gasteiger partial charge in [0, 0.05) is 49.1 Å². The van der Waals surface area contributed by atoms with Crippen molar-refractivity contribution in [3.05, 3.63) is 76.0 Å². The first-order valence-electron chi connectivity index (χ1n) is 11.8. The summed E-state index contributed by atoms with van der Waals surface area (Å²) in [6.45, 7) is 7.92. The van der Waals surface area contributed by atoms with E-state index in [-0.39, 0.29) is 12.6 Å². The number of aryl methyl sites for hydroxylation is 1. The van der Waals surface area contributed by atoms with Crippen LogP contribution in [0.4, 0.5) is 10.5 Å². The van der Waals surface area contributed by atoms with E-state index >= 15 is 0 Å². The fourth-order valence-corrected chi connectivity index (χ4v) is 4.55. The molecule has 0 radical (unpaired) electrons. The lowest BCUT2D eigenvalue weighted by Crippen LogP contribution is -2.51. The van der Waals surface area contributed by atoms with E-state index in [0.717, 1.165) is 48.9 Å². The molecule has 0 saturated carbocycles. The maximum Gasteiger partial charge on any atom is 0.338 e. The third kappa shape index (κ3) is 5.54. The molecule has 0 unspecified atom stereocenters. The molecule has 34 heavy (non-hydrogen) atoms. The SMILES string of the molecule is CCOC(=O)C1=C(CN2CCN(c3ccc(Cl)cc3)CC2)NC(=O)N[C@H]1c1ccc(CC)cc1. The van der Waals surface area contributed by atoms with E-state index in [1.54, 1.807) is 6.92 Å². The molecule has 0 aromatic heterocycles.